The Morgan fingerprint density at radius 3 is 2.90 bits per heavy atom. The molecular weight excluding hydrogens is 357 g/mol. The van der Waals surface area contributed by atoms with Crippen LogP contribution in [0, 0.1) is 5.92 Å². The van der Waals surface area contributed by atoms with Crippen LogP contribution in [0.4, 0.5) is 13.2 Å². The molecule has 0 aromatic carbocycles. The van der Waals surface area contributed by atoms with Gasteiger partial charge in [-0.15, -0.1) is 11.3 Å². The van der Waals surface area contributed by atoms with E-state index in [4.69, 9.17) is 0 Å². The molecule has 1 aromatic heterocycles. The fourth-order valence-corrected chi connectivity index (χ4v) is 3.38. The van der Waals surface area contributed by atoms with Gasteiger partial charge in [0.2, 0.25) is 0 Å². The fraction of sp³-hybridized carbons (Fsp3) is 0.583. The Hall–Kier alpha value is -0.600. The third-order valence-corrected chi connectivity index (χ3v) is 4.66. The van der Waals surface area contributed by atoms with Crippen LogP contribution in [0.1, 0.15) is 16.8 Å². The van der Waals surface area contributed by atoms with Crippen molar-refractivity contribution < 1.29 is 18.0 Å². The zero-order valence-electron chi connectivity index (χ0n) is 10.5. The highest BCUT2D eigenvalue weighted by atomic mass is 79.9. The maximum Gasteiger partial charge on any atom is 0.401 e. The number of hydrogen-bond donors (Lipinski definition) is 1. The standard InChI is InChI=1S/C12H14BrF3N2OS/c13-10-3-9(6-20-10)11(19)17-4-8-1-2-18(5-8)7-12(14,15)16/h3,6,8H,1-2,4-5,7H2,(H,17,19). The van der Waals surface area contributed by atoms with E-state index < -0.39 is 12.7 Å². The van der Waals surface area contributed by atoms with Crippen LogP contribution in [0.3, 0.4) is 0 Å². The maximum absolute atomic E-state index is 12.3. The van der Waals surface area contributed by atoms with Crippen LogP contribution in [0.5, 0.6) is 0 Å². The second-order valence-electron chi connectivity index (χ2n) is 4.85. The third kappa shape index (κ3) is 4.75. The van der Waals surface area contributed by atoms with Crippen LogP contribution in [0.2, 0.25) is 0 Å². The highest BCUT2D eigenvalue weighted by Gasteiger charge is 2.34. The van der Waals surface area contributed by atoms with Crippen LogP contribution in [0.15, 0.2) is 15.2 Å². The molecule has 1 unspecified atom stereocenters. The number of carbonyl (C=O) groups excluding carboxylic acids is 1. The molecule has 1 aromatic rings. The molecule has 1 atom stereocenters. The fourth-order valence-electron chi connectivity index (χ4n) is 2.24. The lowest BCUT2D eigenvalue weighted by Gasteiger charge is -2.17. The first-order valence-electron chi connectivity index (χ1n) is 6.15. The summed E-state index contributed by atoms with van der Waals surface area (Å²) in [4.78, 5) is 13.2. The Balaban J connectivity index is 1.74. The topological polar surface area (TPSA) is 32.3 Å². The Morgan fingerprint density at radius 1 is 1.55 bits per heavy atom. The van der Waals surface area contributed by atoms with Crippen molar-refractivity contribution in [3.05, 3.63) is 20.8 Å². The van der Waals surface area contributed by atoms with Crippen LogP contribution in [0.25, 0.3) is 0 Å². The average Bonchev–Trinajstić information content (AvgIpc) is 2.93. The van der Waals surface area contributed by atoms with Gasteiger partial charge in [-0.05, 0) is 40.9 Å². The van der Waals surface area contributed by atoms with Crippen molar-refractivity contribution in [1.29, 1.82) is 0 Å². The zero-order chi connectivity index (χ0) is 14.8. The molecule has 1 N–H and O–H groups in total. The lowest BCUT2D eigenvalue weighted by atomic mass is 10.1. The Bertz CT molecular complexity index is 478. The van der Waals surface area contributed by atoms with Crippen molar-refractivity contribution in [3.8, 4) is 0 Å². The molecule has 0 saturated carbocycles. The molecule has 20 heavy (non-hydrogen) atoms. The second kappa shape index (κ2) is 6.44. The van der Waals surface area contributed by atoms with Gasteiger partial charge in [-0.3, -0.25) is 9.69 Å². The Morgan fingerprint density at radius 2 is 2.30 bits per heavy atom. The molecule has 2 rings (SSSR count). The van der Waals surface area contributed by atoms with Gasteiger partial charge < -0.3 is 5.32 Å². The molecule has 0 bridgehead atoms. The summed E-state index contributed by atoms with van der Waals surface area (Å²) in [5.74, 6) is -0.0930. The lowest BCUT2D eigenvalue weighted by molar-refractivity contribution is -0.143. The van der Waals surface area contributed by atoms with Crippen molar-refractivity contribution in [3.63, 3.8) is 0 Å². The number of rotatable bonds is 4. The number of nitrogens with zero attached hydrogens (tertiary/aromatic N) is 1. The normalized spacial score (nSPS) is 20.3. The minimum Gasteiger partial charge on any atom is -0.352 e. The molecule has 1 aliphatic heterocycles. The molecule has 112 valence electrons. The van der Waals surface area contributed by atoms with Crippen molar-refractivity contribution >= 4 is 33.2 Å². The van der Waals surface area contributed by atoms with E-state index in [1.807, 2.05) is 0 Å². The molecule has 1 aliphatic rings. The van der Waals surface area contributed by atoms with E-state index >= 15 is 0 Å². The third-order valence-electron chi connectivity index (χ3n) is 3.15. The quantitative estimate of drug-likeness (QED) is 0.882. The number of halogens is 4. The smallest absolute Gasteiger partial charge is 0.352 e. The molecule has 0 aliphatic carbocycles. The van der Waals surface area contributed by atoms with E-state index in [9.17, 15) is 18.0 Å². The van der Waals surface area contributed by atoms with Gasteiger partial charge in [0.25, 0.3) is 5.91 Å². The van der Waals surface area contributed by atoms with Crippen molar-refractivity contribution in [2.24, 2.45) is 5.92 Å². The highest BCUT2D eigenvalue weighted by Crippen LogP contribution is 2.23. The zero-order valence-corrected chi connectivity index (χ0v) is 12.9. The summed E-state index contributed by atoms with van der Waals surface area (Å²) in [5.41, 5.74) is 0.576. The molecule has 0 spiro atoms. The molecule has 0 radical (unpaired) electrons. The number of hydrogen-bond acceptors (Lipinski definition) is 3. The van der Waals surface area contributed by atoms with Crippen LogP contribution < -0.4 is 5.32 Å². The summed E-state index contributed by atoms with van der Waals surface area (Å²) in [6, 6.07) is 1.73. The van der Waals surface area contributed by atoms with E-state index in [2.05, 4.69) is 21.2 Å². The second-order valence-corrected chi connectivity index (χ2v) is 7.14. The van der Waals surface area contributed by atoms with E-state index in [0.29, 0.717) is 31.6 Å². The van der Waals surface area contributed by atoms with Gasteiger partial charge in [-0.1, -0.05) is 0 Å². The molecule has 2 heterocycles. The van der Waals surface area contributed by atoms with Crippen molar-refractivity contribution in [2.45, 2.75) is 12.6 Å². The molecule has 8 heteroatoms. The number of amides is 1. The molecular formula is C12H14BrF3N2OS. The van der Waals surface area contributed by atoms with Gasteiger partial charge in [-0.25, -0.2) is 0 Å². The predicted octanol–water partition coefficient (Wildman–Crippen LogP) is 3.12. The SMILES string of the molecule is O=C(NCC1CCN(CC(F)(F)F)C1)c1csc(Br)c1. The monoisotopic (exact) mass is 370 g/mol. The predicted molar refractivity (Wildman–Crippen MR) is 75.0 cm³/mol. The number of nitrogens with one attached hydrogen (secondary N) is 1. The molecule has 1 fully saturated rings. The van der Waals surface area contributed by atoms with E-state index in [0.717, 1.165) is 3.79 Å². The number of thiophene rings is 1. The summed E-state index contributed by atoms with van der Waals surface area (Å²) in [5, 5.41) is 4.52. The van der Waals surface area contributed by atoms with Crippen molar-refractivity contribution in [1.82, 2.24) is 10.2 Å². The van der Waals surface area contributed by atoms with E-state index in [-0.39, 0.29) is 11.8 Å². The summed E-state index contributed by atoms with van der Waals surface area (Å²) in [6.45, 7) is 0.368. The van der Waals surface area contributed by atoms with Crippen LogP contribution >= 0.6 is 27.3 Å². The van der Waals surface area contributed by atoms with E-state index in [1.165, 1.54) is 16.2 Å². The minimum absolute atomic E-state index is 0.0865. The first-order valence-corrected chi connectivity index (χ1v) is 7.82. The van der Waals surface area contributed by atoms with Crippen LogP contribution in [-0.2, 0) is 0 Å². The number of likely N-dealkylation sites (tertiary alicyclic amines) is 1. The first-order chi connectivity index (χ1) is 9.33. The van der Waals surface area contributed by atoms with Crippen molar-refractivity contribution in [2.75, 3.05) is 26.2 Å². The summed E-state index contributed by atoms with van der Waals surface area (Å²) in [7, 11) is 0. The van der Waals surface area contributed by atoms with E-state index in [1.54, 1.807) is 11.4 Å². The van der Waals surface area contributed by atoms with Gasteiger partial charge >= 0.3 is 6.18 Å². The Kier molecular flexibility index (Phi) is 5.09. The van der Waals surface area contributed by atoms with Crippen LogP contribution in [-0.4, -0.2) is 43.2 Å². The maximum atomic E-state index is 12.3. The van der Waals surface area contributed by atoms with Gasteiger partial charge in [0, 0.05) is 18.5 Å². The van der Waals surface area contributed by atoms with Gasteiger partial charge in [0.1, 0.15) is 0 Å². The largest absolute Gasteiger partial charge is 0.401 e. The summed E-state index contributed by atoms with van der Waals surface area (Å²) >= 11 is 4.70. The minimum atomic E-state index is -4.15. The average molecular weight is 371 g/mol. The van der Waals surface area contributed by atoms with Gasteiger partial charge in [0.15, 0.2) is 0 Å². The number of carbonyl (C=O) groups is 1. The van der Waals surface area contributed by atoms with Gasteiger partial charge in [-0.2, -0.15) is 13.2 Å². The first kappa shape index (κ1) is 15.8. The molecule has 1 saturated heterocycles. The van der Waals surface area contributed by atoms with Gasteiger partial charge in [0.05, 0.1) is 15.9 Å². The lowest BCUT2D eigenvalue weighted by Crippen LogP contribution is -2.34. The summed E-state index contributed by atoms with van der Waals surface area (Å²) < 4.78 is 37.6. The highest BCUT2D eigenvalue weighted by molar-refractivity contribution is 9.11. The number of alkyl halides is 3. The molecule has 3 nitrogen and oxygen atoms in total. The molecule has 1 amide bonds. The Labute approximate surface area is 127 Å². The summed E-state index contributed by atoms with van der Waals surface area (Å²) in [6.07, 6.45) is -3.47.